The molecule has 2 fully saturated rings. The van der Waals surface area contributed by atoms with Crippen LogP contribution in [0.3, 0.4) is 0 Å². The van der Waals surface area contributed by atoms with Gasteiger partial charge in [0, 0.05) is 37.3 Å². The maximum absolute atomic E-state index is 13.0. The molecule has 0 amide bonds. The van der Waals surface area contributed by atoms with Crippen molar-refractivity contribution in [2.45, 2.75) is 6.42 Å². The van der Waals surface area contributed by atoms with Gasteiger partial charge in [-0.25, -0.2) is 15.0 Å². The Hall–Kier alpha value is -3.14. The number of carbonyl (C=O) groups excluding carboxylic acids is 1. The fourth-order valence-corrected chi connectivity index (χ4v) is 5.63. The van der Waals surface area contributed by atoms with E-state index in [9.17, 15) is 4.79 Å². The number of carbonyl (C=O) groups is 1. The molecule has 9 heteroatoms. The lowest BCUT2D eigenvalue weighted by Crippen LogP contribution is -2.47. The third-order valence-electron chi connectivity index (χ3n) is 6.45. The van der Waals surface area contributed by atoms with Crippen molar-refractivity contribution in [1.29, 1.82) is 0 Å². The summed E-state index contributed by atoms with van der Waals surface area (Å²) in [6.45, 7) is 6.12. The molecule has 0 saturated carbocycles. The minimum absolute atomic E-state index is 0.0748. The van der Waals surface area contributed by atoms with Gasteiger partial charge in [0.1, 0.15) is 12.1 Å². The minimum Gasteiger partial charge on any atom is -0.378 e. The third-order valence-corrected chi connectivity index (χ3v) is 7.52. The van der Waals surface area contributed by atoms with E-state index in [4.69, 9.17) is 4.74 Å². The number of ether oxygens (including phenoxy) is 1. The lowest BCUT2D eigenvalue weighted by molar-refractivity contribution is 0.0920. The Kier molecular flexibility index (Phi) is 5.82. The van der Waals surface area contributed by atoms with Crippen molar-refractivity contribution < 1.29 is 9.53 Å². The first-order valence-corrected chi connectivity index (χ1v) is 12.5. The summed E-state index contributed by atoms with van der Waals surface area (Å²) < 4.78 is 6.53. The number of nitrogens with zero attached hydrogens (tertiary/aromatic N) is 6. The van der Waals surface area contributed by atoms with Gasteiger partial charge in [0.2, 0.25) is 5.78 Å². The van der Waals surface area contributed by atoms with E-state index in [0.29, 0.717) is 18.2 Å². The zero-order chi connectivity index (χ0) is 22.9. The van der Waals surface area contributed by atoms with Crippen molar-refractivity contribution in [3.63, 3.8) is 0 Å². The molecular formula is C25H26N6O2S. The number of morpholine rings is 1. The van der Waals surface area contributed by atoms with Crippen LogP contribution in [0.5, 0.6) is 0 Å². The van der Waals surface area contributed by atoms with Gasteiger partial charge in [0.05, 0.1) is 42.2 Å². The zero-order valence-electron chi connectivity index (χ0n) is 18.9. The average molecular weight is 475 g/mol. The predicted molar refractivity (Wildman–Crippen MR) is 135 cm³/mol. The van der Waals surface area contributed by atoms with Gasteiger partial charge >= 0.3 is 0 Å². The van der Waals surface area contributed by atoms with Crippen LogP contribution in [0.1, 0.15) is 16.2 Å². The first kappa shape index (κ1) is 21.4. The van der Waals surface area contributed by atoms with Crippen LogP contribution in [0.4, 0.5) is 11.5 Å². The lowest BCUT2D eigenvalue weighted by atomic mass is 10.1. The highest BCUT2D eigenvalue weighted by atomic mass is 32.1. The van der Waals surface area contributed by atoms with E-state index >= 15 is 0 Å². The summed E-state index contributed by atoms with van der Waals surface area (Å²) in [4.78, 5) is 33.5. The SMILES string of the molecule is O=C(CN1CCCN(c2ncnc3cc(N4CCOCC4)ccc23)C1)c1nc2ccccc2s1. The second kappa shape index (κ2) is 9.25. The molecule has 8 nitrogen and oxygen atoms in total. The number of para-hydroxylation sites is 1. The summed E-state index contributed by atoms with van der Waals surface area (Å²) in [5.41, 5.74) is 3.00. The van der Waals surface area contributed by atoms with Crippen LogP contribution < -0.4 is 9.80 Å². The first-order chi connectivity index (χ1) is 16.7. The summed E-state index contributed by atoms with van der Waals surface area (Å²) in [6.07, 6.45) is 2.62. The Labute approximate surface area is 201 Å². The standard InChI is InChI=1S/C25H26N6O2S/c32-22(25-28-20-4-1-2-5-23(20)34-25)15-29-8-3-9-31(17-29)24-19-7-6-18(14-21(19)26-16-27-24)30-10-12-33-13-11-30/h1-2,4-7,14,16H,3,8-13,15,17H2. The van der Waals surface area contributed by atoms with E-state index in [-0.39, 0.29) is 5.78 Å². The van der Waals surface area contributed by atoms with Crippen LogP contribution in [0, 0.1) is 0 Å². The molecule has 4 aromatic rings. The van der Waals surface area contributed by atoms with Crippen molar-refractivity contribution in [2.24, 2.45) is 0 Å². The molecule has 0 unspecified atom stereocenters. The monoisotopic (exact) mass is 474 g/mol. The smallest absolute Gasteiger partial charge is 0.205 e. The van der Waals surface area contributed by atoms with Gasteiger partial charge < -0.3 is 14.5 Å². The van der Waals surface area contributed by atoms with Gasteiger partial charge in [-0.05, 0) is 36.8 Å². The average Bonchev–Trinajstić information content (AvgIpc) is 3.33. The number of benzene rings is 2. The molecule has 174 valence electrons. The van der Waals surface area contributed by atoms with Crippen molar-refractivity contribution in [1.82, 2.24) is 19.9 Å². The van der Waals surface area contributed by atoms with Gasteiger partial charge in [0.15, 0.2) is 5.01 Å². The molecule has 0 spiro atoms. The quantitative estimate of drug-likeness (QED) is 0.408. The molecule has 34 heavy (non-hydrogen) atoms. The Morgan fingerprint density at radius 3 is 2.74 bits per heavy atom. The molecule has 2 aromatic carbocycles. The van der Waals surface area contributed by atoms with Crippen LogP contribution in [-0.4, -0.2) is 78.2 Å². The van der Waals surface area contributed by atoms with E-state index in [0.717, 1.165) is 72.8 Å². The van der Waals surface area contributed by atoms with Gasteiger partial charge in [0.25, 0.3) is 0 Å². The van der Waals surface area contributed by atoms with Gasteiger partial charge in [-0.1, -0.05) is 12.1 Å². The number of ketones is 1. The number of aromatic nitrogens is 3. The second-order valence-corrected chi connectivity index (χ2v) is 9.75. The highest BCUT2D eigenvalue weighted by molar-refractivity contribution is 7.20. The number of thiazole rings is 1. The summed E-state index contributed by atoms with van der Waals surface area (Å²) in [5.74, 6) is 1.00. The number of anilines is 2. The molecule has 0 bridgehead atoms. The lowest BCUT2D eigenvalue weighted by Gasteiger charge is -2.36. The van der Waals surface area contributed by atoms with Crippen LogP contribution in [-0.2, 0) is 4.74 Å². The van der Waals surface area contributed by atoms with E-state index in [2.05, 4.69) is 47.9 Å². The van der Waals surface area contributed by atoms with E-state index < -0.39 is 0 Å². The van der Waals surface area contributed by atoms with Crippen molar-refractivity contribution in [2.75, 3.05) is 62.4 Å². The number of fused-ring (bicyclic) bond motifs is 2. The molecule has 0 aliphatic carbocycles. The maximum Gasteiger partial charge on any atom is 0.205 e. The van der Waals surface area contributed by atoms with Gasteiger partial charge in [-0.2, -0.15) is 0 Å². The van der Waals surface area contributed by atoms with Crippen LogP contribution >= 0.6 is 11.3 Å². The van der Waals surface area contributed by atoms with Crippen LogP contribution in [0.2, 0.25) is 0 Å². The Bertz CT molecular complexity index is 1300. The third kappa shape index (κ3) is 4.22. The largest absolute Gasteiger partial charge is 0.378 e. The number of hydrogen-bond donors (Lipinski definition) is 0. The van der Waals surface area contributed by atoms with E-state index in [1.165, 1.54) is 17.0 Å². The molecule has 0 N–H and O–H groups in total. The second-order valence-electron chi connectivity index (χ2n) is 8.72. The molecule has 2 saturated heterocycles. The first-order valence-electron chi connectivity index (χ1n) is 11.7. The van der Waals surface area contributed by atoms with Gasteiger partial charge in [-0.15, -0.1) is 11.3 Å². The topological polar surface area (TPSA) is 74.7 Å². The Balaban J connectivity index is 1.19. The van der Waals surface area contributed by atoms with Crippen molar-refractivity contribution in [3.05, 3.63) is 53.8 Å². The van der Waals surface area contributed by atoms with Crippen molar-refractivity contribution in [3.8, 4) is 0 Å². The molecule has 0 radical (unpaired) electrons. The zero-order valence-corrected chi connectivity index (χ0v) is 19.7. The molecule has 2 aliphatic heterocycles. The van der Waals surface area contributed by atoms with Crippen LogP contribution in [0.25, 0.3) is 21.1 Å². The van der Waals surface area contributed by atoms with E-state index in [1.54, 1.807) is 6.33 Å². The fraction of sp³-hybridized carbons (Fsp3) is 0.360. The summed E-state index contributed by atoms with van der Waals surface area (Å²) in [6, 6.07) is 14.3. The van der Waals surface area contributed by atoms with Crippen LogP contribution in [0.15, 0.2) is 48.8 Å². The summed E-state index contributed by atoms with van der Waals surface area (Å²) in [7, 11) is 0. The van der Waals surface area contributed by atoms with Crippen molar-refractivity contribution >= 4 is 49.7 Å². The van der Waals surface area contributed by atoms with Gasteiger partial charge in [-0.3, -0.25) is 9.69 Å². The maximum atomic E-state index is 13.0. The Morgan fingerprint density at radius 2 is 1.85 bits per heavy atom. The molecule has 6 rings (SSSR count). The Morgan fingerprint density at radius 1 is 0.971 bits per heavy atom. The van der Waals surface area contributed by atoms with E-state index in [1.807, 2.05) is 24.3 Å². The summed E-state index contributed by atoms with van der Waals surface area (Å²) in [5, 5.41) is 1.63. The molecule has 0 atom stereocenters. The minimum atomic E-state index is 0.0748. The summed E-state index contributed by atoms with van der Waals surface area (Å²) >= 11 is 1.47. The highest BCUT2D eigenvalue weighted by Crippen LogP contribution is 2.29. The molecule has 2 aliphatic rings. The predicted octanol–water partition coefficient (Wildman–Crippen LogP) is 3.43. The highest BCUT2D eigenvalue weighted by Gasteiger charge is 2.24. The molecular weight excluding hydrogens is 448 g/mol. The molecule has 4 heterocycles. The normalized spacial score (nSPS) is 17.5. The number of rotatable bonds is 5. The number of hydrogen-bond acceptors (Lipinski definition) is 9. The fourth-order valence-electron chi connectivity index (χ4n) is 4.73. The molecule has 2 aromatic heterocycles. The number of Topliss-reactive ketones (excluding diaryl/α,β-unsaturated/α-hetero) is 1.